The van der Waals surface area contributed by atoms with E-state index >= 15 is 0 Å². The van der Waals surface area contributed by atoms with Crippen molar-refractivity contribution in [2.75, 3.05) is 13.7 Å². The first kappa shape index (κ1) is 16.4. The molecule has 0 amide bonds. The average molecular weight is 311 g/mol. The van der Waals surface area contributed by atoms with Crippen LogP contribution in [0.25, 0.3) is 17.4 Å². The SMILES string of the molecule is CCOC(=O)/C(C#N)=C/c1ccc(-c2cc(C)ccc2OC)o1. The second-order valence-electron chi connectivity index (χ2n) is 4.80. The zero-order chi connectivity index (χ0) is 16.8. The van der Waals surface area contributed by atoms with Crippen LogP contribution in [-0.2, 0) is 9.53 Å². The second kappa shape index (κ2) is 7.32. The molecular formula is C18H17NO4. The van der Waals surface area contributed by atoms with Gasteiger partial charge in [-0.1, -0.05) is 11.6 Å². The number of hydrogen-bond donors (Lipinski definition) is 0. The molecule has 0 aliphatic heterocycles. The van der Waals surface area contributed by atoms with Gasteiger partial charge in [-0.2, -0.15) is 5.26 Å². The van der Waals surface area contributed by atoms with Crippen LogP contribution in [0.2, 0.25) is 0 Å². The lowest BCUT2D eigenvalue weighted by Gasteiger charge is -2.06. The number of nitriles is 1. The minimum Gasteiger partial charge on any atom is -0.496 e. The van der Waals surface area contributed by atoms with Gasteiger partial charge in [-0.05, 0) is 38.1 Å². The van der Waals surface area contributed by atoms with E-state index in [2.05, 4.69) is 0 Å². The molecule has 0 saturated heterocycles. The summed E-state index contributed by atoms with van der Waals surface area (Å²) in [7, 11) is 1.59. The molecule has 0 radical (unpaired) electrons. The maximum Gasteiger partial charge on any atom is 0.349 e. The van der Waals surface area contributed by atoms with E-state index in [1.165, 1.54) is 6.08 Å². The molecule has 23 heavy (non-hydrogen) atoms. The maximum absolute atomic E-state index is 11.6. The summed E-state index contributed by atoms with van der Waals surface area (Å²) in [5, 5.41) is 9.05. The summed E-state index contributed by atoms with van der Waals surface area (Å²) in [6.07, 6.45) is 1.36. The van der Waals surface area contributed by atoms with Crippen molar-refractivity contribution in [3.63, 3.8) is 0 Å². The monoisotopic (exact) mass is 311 g/mol. The van der Waals surface area contributed by atoms with Crippen LogP contribution in [-0.4, -0.2) is 19.7 Å². The Morgan fingerprint density at radius 2 is 2.13 bits per heavy atom. The summed E-state index contributed by atoms with van der Waals surface area (Å²) >= 11 is 0. The van der Waals surface area contributed by atoms with Crippen LogP contribution in [0.5, 0.6) is 5.75 Å². The van der Waals surface area contributed by atoms with Gasteiger partial charge in [0.2, 0.25) is 0 Å². The normalized spacial score (nSPS) is 11.0. The van der Waals surface area contributed by atoms with Crippen LogP contribution in [0, 0.1) is 18.3 Å². The van der Waals surface area contributed by atoms with E-state index in [0.29, 0.717) is 17.3 Å². The Morgan fingerprint density at radius 3 is 2.78 bits per heavy atom. The van der Waals surface area contributed by atoms with Crippen molar-refractivity contribution in [2.24, 2.45) is 0 Å². The number of nitrogens with zero attached hydrogens (tertiary/aromatic N) is 1. The first-order valence-electron chi connectivity index (χ1n) is 7.12. The summed E-state index contributed by atoms with van der Waals surface area (Å²) in [6.45, 7) is 3.87. The lowest BCUT2D eigenvalue weighted by Crippen LogP contribution is -2.05. The molecule has 0 bridgehead atoms. The molecule has 0 spiro atoms. The molecule has 0 unspecified atom stereocenters. The van der Waals surface area contributed by atoms with E-state index in [1.807, 2.05) is 31.2 Å². The van der Waals surface area contributed by atoms with Gasteiger partial charge in [0.15, 0.2) is 0 Å². The van der Waals surface area contributed by atoms with Crippen LogP contribution >= 0.6 is 0 Å². The second-order valence-corrected chi connectivity index (χ2v) is 4.80. The van der Waals surface area contributed by atoms with Crippen molar-refractivity contribution in [3.8, 4) is 23.1 Å². The third-order valence-corrected chi connectivity index (χ3v) is 3.15. The van der Waals surface area contributed by atoms with Gasteiger partial charge in [-0.3, -0.25) is 0 Å². The third-order valence-electron chi connectivity index (χ3n) is 3.15. The molecule has 0 fully saturated rings. The molecule has 0 aliphatic rings. The highest BCUT2D eigenvalue weighted by Crippen LogP contribution is 2.32. The molecule has 2 aromatic rings. The Kier molecular flexibility index (Phi) is 5.21. The highest BCUT2D eigenvalue weighted by Gasteiger charge is 2.13. The molecule has 0 aliphatic carbocycles. The van der Waals surface area contributed by atoms with Crippen molar-refractivity contribution in [1.82, 2.24) is 0 Å². The van der Waals surface area contributed by atoms with E-state index in [0.717, 1.165) is 11.1 Å². The third kappa shape index (κ3) is 3.80. The number of ether oxygens (including phenoxy) is 2. The van der Waals surface area contributed by atoms with Gasteiger partial charge < -0.3 is 13.9 Å². The molecule has 1 aromatic carbocycles. The average Bonchev–Trinajstić information content (AvgIpc) is 3.01. The number of benzene rings is 1. The molecule has 5 heteroatoms. The van der Waals surface area contributed by atoms with Crippen molar-refractivity contribution in [1.29, 1.82) is 5.26 Å². The van der Waals surface area contributed by atoms with Gasteiger partial charge in [0.25, 0.3) is 0 Å². The predicted octanol–water partition coefficient (Wildman–Crippen LogP) is 3.73. The van der Waals surface area contributed by atoms with Gasteiger partial charge in [-0.15, -0.1) is 0 Å². The Morgan fingerprint density at radius 1 is 1.35 bits per heavy atom. The van der Waals surface area contributed by atoms with Crippen LogP contribution in [0.15, 0.2) is 40.3 Å². The topological polar surface area (TPSA) is 72.5 Å². The highest BCUT2D eigenvalue weighted by atomic mass is 16.5. The van der Waals surface area contributed by atoms with Gasteiger partial charge in [-0.25, -0.2) is 4.79 Å². The summed E-state index contributed by atoms with van der Waals surface area (Å²) in [5.41, 5.74) is 1.77. The molecule has 118 valence electrons. The standard InChI is InChI=1S/C18H17NO4/c1-4-22-18(20)13(11-19)10-14-6-8-17(23-14)15-9-12(2)5-7-16(15)21-3/h5-10H,4H2,1-3H3/b13-10+. The maximum atomic E-state index is 11.6. The van der Waals surface area contributed by atoms with Crippen LogP contribution in [0.4, 0.5) is 0 Å². The number of esters is 1. The number of carbonyl (C=O) groups is 1. The predicted molar refractivity (Wildman–Crippen MR) is 85.7 cm³/mol. The van der Waals surface area contributed by atoms with E-state index in [-0.39, 0.29) is 12.2 Å². The quantitative estimate of drug-likeness (QED) is 0.478. The van der Waals surface area contributed by atoms with Gasteiger partial charge in [0.05, 0.1) is 19.3 Å². The Labute approximate surface area is 134 Å². The first-order chi connectivity index (χ1) is 11.1. The zero-order valence-corrected chi connectivity index (χ0v) is 13.3. The Balaban J connectivity index is 2.36. The van der Waals surface area contributed by atoms with Crippen molar-refractivity contribution in [2.45, 2.75) is 13.8 Å². The zero-order valence-electron chi connectivity index (χ0n) is 13.3. The van der Waals surface area contributed by atoms with Gasteiger partial charge in [0, 0.05) is 6.08 Å². The van der Waals surface area contributed by atoms with Gasteiger partial charge >= 0.3 is 5.97 Å². The molecule has 5 nitrogen and oxygen atoms in total. The fraction of sp³-hybridized carbons (Fsp3) is 0.222. The van der Waals surface area contributed by atoms with E-state index in [4.69, 9.17) is 19.2 Å². The lowest BCUT2D eigenvalue weighted by molar-refractivity contribution is -0.137. The highest BCUT2D eigenvalue weighted by molar-refractivity contribution is 5.97. The van der Waals surface area contributed by atoms with Crippen molar-refractivity contribution in [3.05, 3.63) is 47.2 Å². The molecule has 1 aromatic heterocycles. The van der Waals surface area contributed by atoms with Crippen LogP contribution in [0.1, 0.15) is 18.2 Å². The number of furan rings is 1. The fourth-order valence-corrected chi connectivity index (χ4v) is 2.08. The number of hydrogen-bond acceptors (Lipinski definition) is 5. The molecule has 0 saturated carbocycles. The minimum atomic E-state index is -0.666. The summed E-state index contributed by atoms with van der Waals surface area (Å²) in [6, 6.07) is 11.0. The van der Waals surface area contributed by atoms with E-state index in [9.17, 15) is 4.79 Å². The molecule has 0 atom stereocenters. The Hall–Kier alpha value is -3.00. The van der Waals surface area contributed by atoms with Crippen molar-refractivity contribution >= 4 is 12.0 Å². The smallest absolute Gasteiger partial charge is 0.349 e. The fourth-order valence-electron chi connectivity index (χ4n) is 2.08. The molecular weight excluding hydrogens is 294 g/mol. The number of aryl methyl sites for hydroxylation is 1. The van der Waals surface area contributed by atoms with Crippen molar-refractivity contribution < 1.29 is 18.7 Å². The number of methoxy groups -OCH3 is 1. The lowest BCUT2D eigenvalue weighted by atomic mass is 10.1. The summed E-state index contributed by atoms with van der Waals surface area (Å²) in [5.74, 6) is 1.01. The largest absolute Gasteiger partial charge is 0.496 e. The molecule has 0 N–H and O–H groups in total. The van der Waals surface area contributed by atoms with E-state index in [1.54, 1.807) is 26.2 Å². The van der Waals surface area contributed by atoms with Gasteiger partial charge in [0.1, 0.15) is 28.9 Å². The summed E-state index contributed by atoms with van der Waals surface area (Å²) < 4.78 is 15.9. The minimum absolute atomic E-state index is 0.107. The van der Waals surface area contributed by atoms with Crippen LogP contribution in [0.3, 0.4) is 0 Å². The first-order valence-corrected chi connectivity index (χ1v) is 7.12. The molecule has 2 rings (SSSR count). The molecule has 1 heterocycles. The number of rotatable bonds is 5. The number of carbonyl (C=O) groups excluding carboxylic acids is 1. The Bertz CT molecular complexity index is 781. The van der Waals surface area contributed by atoms with E-state index < -0.39 is 5.97 Å². The van der Waals surface area contributed by atoms with Crippen LogP contribution < -0.4 is 4.74 Å². The summed E-state index contributed by atoms with van der Waals surface area (Å²) in [4.78, 5) is 11.6.